The van der Waals surface area contributed by atoms with Crippen LogP contribution in [0.5, 0.6) is 0 Å². The van der Waals surface area contributed by atoms with Gasteiger partial charge in [-0.2, -0.15) is 0 Å². The molecule has 0 spiro atoms. The van der Waals surface area contributed by atoms with Gasteiger partial charge in [0, 0.05) is 15.3 Å². The first-order valence-corrected chi connectivity index (χ1v) is 8.16. The van der Waals surface area contributed by atoms with Gasteiger partial charge in [-0.05, 0) is 47.2 Å². The zero-order chi connectivity index (χ0) is 16.2. The zero-order valence-electron chi connectivity index (χ0n) is 12.5. The molecule has 3 rings (SSSR count). The molecular formula is C18H14IN3O. The average Bonchev–Trinajstić information content (AvgIpc) is 2.56. The lowest BCUT2D eigenvalue weighted by Crippen LogP contribution is -2.15. The molecule has 0 unspecified atom stereocenters. The number of anilines is 1. The fourth-order valence-corrected chi connectivity index (χ4v) is 2.83. The molecule has 23 heavy (non-hydrogen) atoms. The van der Waals surface area contributed by atoms with Crippen LogP contribution in [0.2, 0.25) is 0 Å². The van der Waals surface area contributed by atoms with Crippen LogP contribution >= 0.6 is 22.6 Å². The van der Waals surface area contributed by atoms with E-state index in [4.69, 9.17) is 0 Å². The van der Waals surface area contributed by atoms with Crippen molar-refractivity contribution in [3.63, 3.8) is 0 Å². The molecular weight excluding hydrogens is 401 g/mol. The van der Waals surface area contributed by atoms with E-state index in [2.05, 4.69) is 37.9 Å². The number of hydrogen-bond acceptors (Lipinski definition) is 3. The minimum Gasteiger partial charge on any atom is -0.306 e. The van der Waals surface area contributed by atoms with Crippen molar-refractivity contribution in [2.45, 2.75) is 6.92 Å². The molecule has 0 atom stereocenters. The van der Waals surface area contributed by atoms with E-state index in [-0.39, 0.29) is 5.91 Å². The minimum atomic E-state index is -0.179. The largest absolute Gasteiger partial charge is 0.306 e. The molecule has 0 aliphatic carbocycles. The van der Waals surface area contributed by atoms with Crippen LogP contribution in [-0.4, -0.2) is 15.9 Å². The second-order valence-electron chi connectivity index (χ2n) is 5.09. The normalized spacial score (nSPS) is 10.3. The molecule has 0 radical (unpaired) electrons. The smallest absolute Gasteiger partial charge is 0.257 e. The third-order valence-electron chi connectivity index (χ3n) is 3.43. The molecule has 3 aromatic rings. The number of aryl methyl sites for hydroxylation is 1. The van der Waals surface area contributed by atoms with Gasteiger partial charge in [0.15, 0.2) is 0 Å². The number of rotatable bonds is 3. The first kappa shape index (κ1) is 15.6. The lowest BCUT2D eigenvalue weighted by atomic mass is 10.1. The monoisotopic (exact) mass is 415 g/mol. The Morgan fingerprint density at radius 1 is 1.09 bits per heavy atom. The lowest BCUT2D eigenvalue weighted by Gasteiger charge is -2.10. The predicted octanol–water partition coefficient (Wildman–Crippen LogP) is 4.31. The summed E-state index contributed by atoms with van der Waals surface area (Å²) in [6, 6.07) is 15.5. The summed E-state index contributed by atoms with van der Waals surface area (Å²) in [5.41, 5.74) is 3.57. The van der Waals surface area contributed by atoms with Gasteiger partial charge in [-0.3, -0.25) is 4.79 Å². The highest BCUT2D eigenvalue weighted by molar-refractivity contribution is 14.1. The maximum atomic E-state index is 12.5. The molecule has 4 nitrogen and oxygen atoms in total. The van der Waals surface area contributed by atoms with Crippen LogP contribution in [0, 0.1) is 10.5 Å². The summed E-state index contributed by atoms with van der Waals surface area (Å²) in [6.07, 6.45) is 3.15. The quantitative estimate of drug-likeness (QED) is 0.649. The first-order valence-electron chi connectivity index (χ1n) is 7.08. The van der Waals surface area contributed by atoms with Gasteiger partial charge in [0.1, 0.15) is 12.1 Å². The van der Waals surface area contributed by atoms with Gasteiger partial charge in [0.2, 0.25) is 0 Å². The molecule has 1 N–H and O–H groups in total. The fourth-order valence-electron chi connectivity index (χ4n) is 2.19. The molecule has 1 heterocycles. The van der Waals surface area contributed by atoms with Gasteiger partial charge in [-0.1, -0.05) is 42.0 Å². The highest BCUT2D eigenvalue weighted by Gasteiger charge is 2.13. The van der Waals surface area contributed by atoms with Gasteiger partial charge in [0.05, 0.1) is 5.56 Å². The van der Waals surface area contributed by atoms with Crippen molar-refractivity contribution in [3.05, 3.63) is 75.8 Å². The van der Waals surface area contributed by atoms with Crippen LogP contribution in [0.4, 0.5) is 5.82 Å². The molecule has 114 valence electrons. The van der Waals surface area contributed by atoms with Crippen molar-refractivity contribution in [1.82, 2.24) is 9.97 Å². The average molecular weight is 415 g/mol. The van der Waals surface area contributed by atoms with E-state index in [1.807, 2.05) is 49.4 Å². The van der Waals surface area contributed by atoms with E-state index in [9.17, 15) is 4.79 Å². The maximum absolute atomic E-state index is 12.5. The van der Waals surface area contributed by atoms with Gasteiger partial charge in [-0.15, -0.1) is 0 Å². The summed E-state index contributed by atoms with van der Waals surface area (Å²) in [5, 5.41) is 2.89. The highest BCUT2D eigenvalue weighted by Crippen LogP contribution is 2.26. The molecule has 1 aromatic heterocycles. The Hall–Kier alpha value is -2.28. The molecule has 1 amide bonds. The number of nitrogens with one attached hydrogen (secondary N) is 1. The van der Waals surface area contributed by atoms with Gasteiger partial charge >= 0.3 is 0 Å². The van der Waals surface area contributed by atoms with Crippen molar-refractivity contribution >= 4 is 34.3 Å². The van der Waals surface area contributed by atoms with Crippen LogP contribution in [0.1, 0.15) is 15.9 Å². The van der Waals surface area contributed by atoms with Crippen molar-refractivity contribution in [2.75, 3.05) is 5.32 Å². The topological polar surface area (TPSA) is 54.9 Å². The van der Waals surface area contributed by atoms with Gasteiger partial charge in [0.25, 0.3) is 5.91 Å². The second-order valence-corrected chi connectivity index (χ2v) is 6.25. The van der Waals surface area contributed by atoms with Crippen molar-refractivity contribution < 1.29 is 4.79 Å². The Morgan fingerprint density at radius 2 is 1.83 bits per heavy atom. The van der Waals surface area contributed by atoms with Crippen molar-refractivity contribution in [2.24, 2.45) is 0 Å². The Morgan fingerprint density at radius 3 is 2.57 bits per heavy atom. The summed E-state index contributed by atoms with van der Waals surface area (Å²) in [6.45, 7) is 2.03. The van der Waals surface area contributed by atoms with Crippen LogP contribution in [-0.2, 0) is 0 Å². The third kappa shape index (κ3) is 3.56. The predicted molar refractivity (Wildman–Crippen MR) is 99.3 cm³/mol. The van der Waals surface area contributed by atoms with E-state index < -0.39 is 0 Å². The number of benzene rings is 2. The van der Waals surface area contributed by atoms with Crippen LogP contribution in [0.3, 0.4) is 0 Å². The number of aromatic nitrogens is 2. The summed E-state index contributed by atoms with van der Waals surface area (Å²) >= 11 is 2.15. The molecule has 5 heteroatoms. The van der Waals surface area contributed by atoms with Crippen molar-refractivity contribution in [1.29, 1.82) is 0 Å². The number of carbonyl (C=O) groups is 1. The first-order chi connectivity index (χ1) is 11.1. The number of halogens is 1. The molecule has 0 bridgehead atoms. The van der Waals surface area contributed by atoms with E-state index in [0.29, 0.717) is 11.4 Å². The second kappa shape index (κ2) is 6.87. The molecule has 2 aromatic carbocycles. The molecule has 0 aliphatic rings. The van der Waals surface area contributed by atoms with Crippen LogP contribution in [0.25, 0.3) is 11.1 Å². The Kier molecular flexibility index (Phi) is 4.66. The highest BCUT2D eigenvalue weighted by atomic mass is 127. The zero-order valence-corrected chi connectivity index (χ0v) is 14.6. The van der Waals surface area contributed by atoms with Gasteiger partial charge in [-0.25, -0.2) is 9.97 Å². The Bertz CT molecular complexity index is 847. The third-order valence-corrected chi connectivity index (χ3v) is 4.37. The van der Waals surface area contributed by atoms with Crippen molar-refractivity contribution in [3.8, 4) is 11.1 Å². The summed E-state index contributed by atoms with van der Waals surface area (Å²) in [7, 11) is 0. The standard InChI is InChI=1S/C18H14IN3O/c1-12-6-8-13(9-7-12)15-10-20-11-21-17(15)22-18(23)14-4-2-3-5-16(14)19/h2-11H,1H3,(H,20,21,22,23). The Labute approximate surface area is 148 Å². The fraction of sp³-hybridized carbons (Fsp3) is 0.0556. The molecule has 0 aliphatic heterocycles. The van der Waals surface area contributed by atoms with Crippen LogP contribution in [0.15, 0.2) is 61.1 Å². The van der Waals surface area contributed by atoms with Gasteiger partial charge < -0.3 is 5.32 Å². The molecule has 0 saturated carbocycles. The van der Waals surface area contributed by atoms with E-state index in [1.165, 1.54) is 11.9 Å². The molecule has 0 fully saturated rings. The lowest BCUT2D eigenvalue weighted by molar-refractivity contribution is 0.102. The van der Waals surface area contributed by atoms with E-state index >= 15 is 0 Å². The molecule has 0 saturated heterocycles. The number of amides is 1. The number of carbonyl (C=O) groups excluding carboxylic acids is 1. The summed E-state index contributed by atoms with van der Waals surface area (Å²) < 4.78 is 0.897. The SMILES string of the molecule is Cc1ccc(-c2cncnc2NC(=O)c2ccccc2I)cc1. The summed E-state index contributed by atoms with van der Waals surface area (Å²) in [4.78, 5) is 20.8. The Balaban J connectivity index is 1.94. The van der Waals surface area contributed by atoms with E-state index in [1.54, 1.807) is 12.3 Å². The number of hydrogen-bond donors (Lipinski definition) is 1. The maximum Gasteiger partial charge on any atom is 0.257 e. The van der Waals surface area contributed by atoms with E-state index in [0.717, 1.165) is 14.7 Å². The van der Waals surface area contributed by atoms with Crippen LogP contribution < -0.4 is 5.32 Å². The number of nitrogens with zero attached hydrogens (tertiary/aromatic N) is 2. The minimum absolute atomic E-state index is 0.179. The summed E-state index contributed by atoms with van der Waals surface area (Å²) in [5.74, 6) is 0.329.